The van der Waals surface area contributed by atoms with Crippen molar-refractivity contribution in [3.8, 4) is 0 Å². The van der Waals surface area contributed by atoms with Crippen LogP contribution in [0, 0.1) is 35.0 Å². The first-order chi connectivity index (χ1) is 8.34. The predicted molar refractivity (Wildman–Crippen MR) is 48.8 cm³/mol. The van der Waals surface area contributed by atoms with Crippen LogP contribution in [0.25, 0.3) is 0 Å². The number of carbonyl (C=O) groups excluding carboxylic acids is 1. The number of esters is 1. The average Bonchev–Trinajstić information content (AvgIpc) is 2.64. The molecule has 0 unspecified atom stereocenters. The van der Waals surface area contributed by atoms with E-state index in [1.165, 1.54) is 6.92 Å². The summed E-state index contributed by atoms with van der Waals surface area (Å²) in [7, 11) is 0. The van der Waals surface area contributed by atoms with Gasteiger partial charge in [0, 0.05) is 5.92 Å². The summed E-state index contributed by atoms with van der Waals surface area (Å²) in [5, 5.41) is 0. The van der Waals surface area contributed by atoms with E-state index in [4.69, 9.17) is 0 Å². The molecule has 2 rings (SSSR count). The first-order valence-corrected chi connectivity index (χ1v) is 5.05. The quantitative estimate of drug-likeness (QED) is 0.338. The third kappa shape index (κ3) is 1.74. The van der Waals surface area contributed by atoms with Crippen molar-refractivity contribution < 1.29 is 31.5 Å². The summed E-state index contributed by atoms with van der Waals surface area (Å²) in [6.45, 7) is 1.42. The highest BCUT2D eigenvalue weighted by molar-refractivity contribution is 5.72. The molecule has 2 atom stereocenters. The van der Waals surface area contributed by atoms with Gasteiger partial charge in [-0.05, 0) is 0 Å². The molecule has 1 aromatic carbocycles. The van der Waals surface area contributed by atoms with Gasteiger partial charge in [-0.3, -0.25) is 4.79 Å². The van der Waals surface area contributed by atoms with Gasteiger partial charge in [-0.1, -0.05) is 6.92 Å². The van der Waals surface area contributed by atoms with Gasteiger partial charge in [0.2, 0.25) is 5.82 Å². The number of halogens is 5. The molecule has 0 N–H and O–H groups in total. The fraction of sp³-hybridized carbons (Fsp3) is 0.364. The zero-order chi connectivity index (χ0) is 13.6. The second-order valence-corrected chi connectivity index (χ2v) is 4.08. The minimum absolute atomic E-state index is 0.135. The summed E-state index contributed by atoms with van der Waals surface area (Å²) in [4.78, 5) is 11.0. The minimum atomic E-state index is -2.23. The van der Waals surface area contributed by atoms with Crippen molar-refractivity contribution in [2.45, 2.75) is 19.4 Å². The highest BCUT2D eigenvalue weighted by Gasteiger charge is 2.39. The summed E-state index contributed by atoms with van der Waals surface area (Å²) in [5.41, 5.74) is -1.09. The molecule has 0 saturated carbocycles. The van der Waals surface area contributed by atoms with Crippen molar-refractivity contribution >= 4 is 5.97 Å². The molecule has 0 amide bonds. The molecule has 0 spiro atoms. The third-order valence-electron chi connectivity index (χ3n) is 2.79. The lowest BCUT2D eigenvalue weighted by Crippen LogP contribution is -2.14. The Balaban J connectivity index is 2.61. The van der Waals surface area contributed by atoms with Crippen LogP contribution in [-0.4, -0.2) is 5.97 Å². The predicted octanol–water partition coefficient (Wildman–Crippen LogP) is 3.01. The number of rotatable bonds is 1. The lowest BCUT2D eigenvalue weighted by Gasteiger charge is -2.16. The monoisotopic (exact) mass is 266 g/mol. The molecule has 0 radical (unpaired) electrons. The van der Waals surface area contributed by atoms with Crippen LogP contribution in [0.5, 0.6) is 0 Å². The van der Waals surface area contributed by atoms with Gasteiger partial charge in [-0.25, -0.2) is 22.0 Å². The first-order valence-electron chi connectivity index (χ1n) is 5.05. The van der Waals surface area contributed by atoms with Crippen molar-refractivity contribution in [1.29, 1.82) is 0 Å². The molecular weight excluding hydrogens is 259 g/mol. The van der Waals surface area contributed by atoms with E-state index in [0.29, 0.717) is 0 Å². The fourth-order valence-electron chi connectivity index (χ4n) is 1.89. The van der Waals surface area contributed by atoms with E-state index in [1.807, 2.05) is 0 Å². The number of hydrogen-bond acceptors (Lipinski definition) is 2. The molecule has 1 aliphatic heterocycles. The topological polar surface area (TPSA) is 26.3 Å². The van der Waals surface area contributed by atoms with Crippen LogP contribution in [0.15, 0.2) is 0 Å². The maximum absolute atomic E-state index is 13.4. The molecule has 18 heavy (non-hydrogen) atoms. The second kappa shape index (κ2) is 4.22. The number of benzene rings is 1. The molecular formula is C11H7F5O2. The Morgan fingerprint density at radius 3 is 1.78 bits per heavy atom. The minimum Gasteiger partial charge on any atom is -0.457 e. The highest BCUT2D eigenvalue weighted by atomic mass is 19.2. The molecule has 1 fully saturated rings. The van der Waals surface area contributed by atoms with Gasteiger partial charge in [-0.2, -0.15) is 0 Å². The zero-order valence-electron chi connectivity index (χ0n) is 9.07. The van der Waals surface area contributed by atoms with E-state index in [0.717, 1.165) is 0 Å². The summed E-state index contributed by atoms with van der Waals surface area (Å²) in [6.07, 6.45) is -1.59. The Morgan fingerprint density at radius 1 is 0.944 bits per heavy atom. The fourth-order valence-corrected chi connectivity index (χ4v) is 1.89. The highest BCUT2D eigenvalue weighted by Crippen LogP contribution is 2.39. The van der Waals surface area contributed by atoms with Gasteiger partial charge in [-0.15, -0.1) is 0 Å². The van der Waals surface area contributed by atoms with E-state index in [1.54, 1.807) is 0 Å². The van der Waals surface area contributed by atoms with Crippen LogP contribution in [0.1, 0.15) is 25.0 Å². The number of carbonyl (C=O) groups is 1. The Hall–Kier alpha value is -1.66. The average molecular weight is 266 g/mol. The molecule has 1 aliphatic rings. The summed E-state index contributed by atoms with van der Waals surface area (Å²) in [6, 6.07) is 0. The molecule has 7 heteroatoms. The van der Waals surface area contributed by atoms with Crippen LogP contribution >= 0.6 is 0 Å². The van der Waals surface area contributed by atoms with Gasteiger partial charge < -0.3 is 4.74 Å². The summed E-state index contributed by atoms with van der Waals surface area (Å²) >= 11 is 0. The van der Waals surface area contributed by atoms with Gasteiger partial charge in [0.05, 0.1) is 12.0 Å². The normalized spacial score (nSPS) is 23.3. The molecule has 2 nitrogen and oxygen atoms in total. The third-order valence-corrected chi connectivity index (χ3v) is 2.79. The van der Waals surface area contributed by atoms with Crippen molar-refractivity contribution in [2.75, 3.05) is 0 Å². The van der Waals surface area contributed by atoms with Crippen LogP contribution in [0.4, 0.5) is 22.0 Å². The van der Waals surface area contributed by atoms with Gasteiger partial charge in [0.15, 0.2) is 23.3 Å². The summed E-state index contributed by atoms with van der Waals surface area (Å²) < 4.78 is 70.3. The zero-order valence-corrected chi connectivity index (χ0v) is 9.07. The van der Waals surface area contributed by atoms with E-state index in [2.05, 4.69) is 4.74 Å². The number of cyclic esters (lactones) is 1. The SMILES string of the molecule is C[C@H]1CC(=O)O[C@H]1c1c(F)c(F)c(F)c(F)c1F. The molecule has 0 bridgehead atoms. The largest absolute Gasteiger partial charge is 0.457 e. The molecule has 0 aliphatic carbocycles. The van der Waals surface area contributed by atoms with Crippen LogP contribution in [0.3, 0.4) is 0 Å². The first kappa shape index (κ1) is 12.8. The smallest absolute Gasteiger partial charge is 0.306 e. The molecule has 1 aromatic rings. The molecule has 1 heterocycles. The lowest BCUT2D eigenvalue weighted by molar-refractivity contribution is -0.141. The molecule has 1 saturated heterocycles. The van der Waals surface area contributed by atoms with Gasteiger partial charge in [0.25, 0.3) is 0 Å². The molecule has 0 aromatic heterocycles. The van der Waals surface area contributed by atoms with Gasteiger partial charge >= 0.3 is 5.97 Å². The van der Waals surface area contributed by atoms with Crippen LogP contribution < -0.4 is 0 Å². The maximum Gasteiger partial charge on any atom is 0.306 e. The second-order valence-electron chi connectivity index (χ2n) is 4.08. The van der Waals surface area contributed by atoms with E-state index >= 15 is 0 Å². The lowest BCUT2D eigenvalue weighted by atomic mass is 9.96. The standard InChI is InChI=1S/C11H7F5O2/c1-3-2-4(17)18-11(3)5-6(12)8(14)10(16)9(15)7(5)13/h3,11H,2H2,1H3/t3-,11+/m0/s1. The Labute approximate surface area is 98.4 Å². The number of ether oxygens (including phenoxy) is 1. The van der Waals surface area contributed by atoms with Crippen molar-refractivity contribution in [1.82, 2.24) is 0 Å². The van der Waals surface area contributed by atoms with Crippen LogP contribution in [-0.2, 0) is 9.53 Å². The van der Waals surface area contributed by atoms with Crippen molar-refractivity contribution in [3.05, 3.63) is 34.6 Å². The maximum atomic E-state index is 13.4. The van der Waals surface area contributed by atoms with E-state index in [9.17, 15) is 26.7 Å². The van der Waals surface area contributed by atoms with E-state index < -0.39 is 52.6 Å². The Morgan fingerprint density at radius 2 is 1.39 bits per heavy atom. The summed E-state index contributed by atoms with van der Waals surface area (Å²) in [5.74, 6) is -11.6. The molecule has 98 valence electrons. The van der Waals surface area contributed by atoms with E-state index in [-0.39, 0.29) is 6.42 Å². The number of hydrogen-bond donors (Lipinski definition) is 0. The Bertz CT molecular complexity index is 500. The van der Waals surface area contributed by atoms with Crippen molar-refractivity contribution in [3.63, 3.8) is 0 Å². The van der Waals surface area contributed by atoms with Crippen molar-refractivity contribution in [2.24, 2.45) is 5.92 Å². The Kier molecular flexibility index (Phi) is 3.00. The van der Waals surface area contributed by atoms with Crippen LogP contribution in [0.2, 0.25) is 0 Å². The van der Waals surface area contributed by atoms with Gasteiger partial charge in [0.1, 0.15) is 6.10 Å².